The standard InChI is InChI=1S/C14H22N2OS/c1-2-13(15)14(11-5-7-16-8-6-11)18-10-12-4-3-9-17-12/h5-8,12-14H,2-4,9-10,15H2,1H3. The average Bonchev–Trinajstić information content (AvgIpc) is 2.93. The molecule has 1 aromatic heterocycles. The summed E-state index contributed by atoms with van der Waals surface area (Å²) in [4.78, 5) is 4.08. The number of thioether (sulfide) groups is 1. The number of nitrogens with two attached hydrogens (primary N) is 1. The lowest BCUT2D eigenvalue weighted by atomic mass is 10.1. The van der Waals surface area contributed by atoms with Crippen molar-refractivity contribution in [2.45, 2.75) is 43.6 Å². The molecule has 0 aliphatic carbocycles. The molecule has 4 heteroatoms. The van der Waals surface area contributed by atoms with Gasteiger partial charge in [-0.15, -0.1) is 11.8 Å². The van der Waals surface area contributed by atoms with E-state index in [9.17, 15) is 0 Å². The van der Waals surface area contributed by atoms with Crippen LogP contribution in [0.25, 0.3) is 0 Å². The lowest BCUT2D eigenvalue weighted by Gasteiger charge is -2.24. The number of aromatic nitrogens is 1. The first-order valence-electron chi connectivity index (χ1n) is 6.70. The van der Waals surface area contributed by atoms with E-state index < -0.39 is 0 Å². The van der Waals surface area contributed by atoms with E-state index in [0.717, 1.165) is 18.8 Å². The Labute approximate surface area is 114 Å². The summed E-state index contributed by atoms with van der Waals surface area (Å²) in [6.45, 7) is 3.07. The summed E-state index contributed by atoms with van der Waals surface area (Å²) in [6.07, 6.45) is 7.49. The third-order valence-corrected chi connectivity index (χ3v) is 4.93. The van der Waals surface area contributed by atoms with Crippen molar-refractivity contribution >= 4 is 11.8 Å². The lowest BCUT2D eigenvalue weighted by Crippen LogP contribution is -2.27. The van der Waals surface area contributed by atoms with Crippen LogP contribution in [0.5, 0.6) is 0 Å². The average molecular weight is 266 g/mol. The molecule has 100 valence electrons. The zero-order valence-corrected chi connectivity index (χ0v) is 11.7. The van der Waals surface area contributed by atoms with Gasteiger partial charge in [-0.05, 0) is 37.0 Å². The van der Waals surface area contributed by atoms with Gasteiger partial charge in [0.05, 0.1) is 6.10 Å². The van der Waals surface area contributed by atoms with Crippen LogP contribution in [0.4, 0.5) is 0 Å². The molecule has 1 fully saturated rings. The van der Waals surface area contributed by atoms with E-state index >= 15 is 0 Å². The highest BCUT2D eigenvalue weighted by atomic mass is 32.2. The molecule has 3 nitrogen and oxygen atoms in total. The van der Waals surface area contributed by atoms with Crippen LogP contribution < -0.4 is 5.73 Å². The Morgan fingerprint density at radius 2 is 2.28 bits per heavy atom. The van der Waals surface area contributed by atoms with Crippen molar-refractivity contribution in [3.63, 3.8) is 0 Å². The number of hydrogen-bond donors (Lipinski definition) is 1. The molecule has 2 rings (SSSR count). The Morgan fingerprint density at radius 3 is 2.89 bits per heavy atom. The second-order valence-electron chi connectivity index (χ2n) is 4.74. The molecular weight excluding hydrogens is 244 g/mol. The van der Waals surface area contributed by atoms with Crippen molar-refractivity contribution in [3.05, 3.63) is 30.1 Å². The monoisotopic (exact) mass is 266 g/mol. The van der Waals surface area contributed by atoms with Gasteiger partial charge in [-0.25, -0.2) is 0 Å². The third-order valence-electron chi connectivity index (χ3n) is 3.38. The topological polar surface area (TPSA) is 48.1 Å². The quantitative estimate of drug-likeness (QED) is 0.860. The molecule has 1 aromatic rings. The summed E-state index contributed by atoms with van der Waals surface area (Å²) in [5.74, 6) is 1.04. The second kappa shape index (κ2) is 7.12. The Balaban J connectivity index is 1.96. The van der Waals surface area contributed by atoms with Crippen molar-refractivity contribution in [3.8, 4) is 0 Å². The van der Waals surface area contributed by atoms with Crippen LogP contribution in [-0.4, -0.2) is 29.5 Å². The van der Waals surface area contributed by atoms with Crippen molar-refractivity contribution in [1.29, 1.82) is 0 Å². The van der Waals surface area contributed by atoms with Crippen LogP contribution in [0.1, 0.15) is 37.0 Å². The van der Waals surface area contributed by atoms with E-state index in [1.54, 1.807) is 0 Å². The van der Waals surface area contributed by atoms with Crippen LogP contribution in [0.15, 0.2) is 24.5 Å². The molecule has 1 aliphatic rings. The molecule has 0 bridgehead atoms. The molecule has 0 amide bonds. The van der Waals surface area contributed by atoms with E-state index in [2.05, 4.69) is 24.0 Å². The zero-order valence-electron chi connectivity index (χ0n) is 10.9. The number of hydrogen-bond acceptors (Lipinski definition) is 4. The highest BCUT2D eigenvalue weighted by molar-refractivity contribution is 7.99. The van der Waals surface area contributed by atoms with Crippen LogP contribution >= 0.6 is 11.8 Å². The molecule has 0 spiro atoms. The van der Waals surface area contributed by atoms with Crippen LogP contribution in [0.3, 0.4) is 0 Å². The molecule has 1 saturated heterocycles. The minimum absolute atomic E-state index is 0.193. The molecule has 3 atom stereocenters. The first-order valence-corrected chi connectivity index (χ1v) is 7.75. The molecule has 0 radical (unpaired) electrons. The van der Waals surface area contributed by atoms with Gasteiger partial charge < -0.3 is 10.5 Å². The Hall–Kier alpha value is -0.580. The van der Waals surface area contributed by atoms with E-state index in [-0.39, 0.29) is 6.04 Å². The van der Waals surface area contributed by atoms with Crippen molar-refractivity contribution in [1.82, 2.24) is 4.98 Å². The second-order valence-corrected chi connectivity index (χ2v) is 5.92. The van der Waals surface area contributed by atoms with E-state index in [0.29, 0.717) is 11.4 Å². The summed E-state index contributed by atoms with van der Waals surface area (Å²) < 4.78 is 5.68. The largest absolute Gasteiger partial charge is 0.377 e. The molecule has 0 aromatic carbocycles. The summed E-state index contributed by atoms with van der Waals surface area (Å²) in [7, 11) is 0. The fourth-order valence-electron chi connectivity index (χ4n) is 2.22. The maximum absolute atomic E-state index is 6.25. The fourth-order valence-corrected chi connectivity index (χ4v) is 3.70. The van der Waals surface area contributed by atoms with Crippen LogP contribution in [-0.2, 0) is 4.74 Å². The molecule has 3 unspecified atom stereocenters. The first kappa shape index (κ1) is 13.8. The van der Waals surface area contributed by atoms with Gasteiger partial charge in [0, 0.05) is 36.0 Å². The normalized spacial score (nSPS) is 22.9. The maximum atomic E-state index is 6.25. The maximum Gasteiger partial charge on any atom is 0.0666 e. The molecule has 2 heterocycles. The van der Waals surface area contributed by atoms with Gasteiger partial charge in [0.15, 0.2) is 0 Å². The first-order chi connectivity index (χ1) is 8.81. The Kier molecular flexibility index (Phi) is 5.47. The van der Waals surface area contributed by atoms with Gasteiger partial charge >= 0.3 is 0 Å². The third kappa shape index (κ3) is 3.70. The Morgan fingerprint density at radius 1 is 1.50 bits per heavy atom. The number of rotatable bonds is 6. The highest BCUT2D eigenvalue weighted by Crippen LogP contribution is 2.34. The van der Waals surface area contributed by atoms with Crippen molar-refractivity contribution < 1.29 is 4.74 Å². The van der Waals surface area contributed by atoms with Crippen LogP contribution in [0.2, 0.25) is 0 Å². The SMILES string of the molecule is CCC(N)C(SCC1CCCO1)c1ccncc1. The summed E-state index contributed by atoms with van der Waals surface area (Å²) in [5, 5.41) is 0.349. The summed E-state index contributed by atoms with van der Waals surface area (Å²) in [5.41, 5.74) is 7.53. The smallest absolute Gasteiger partial charge is 0.0666 e. The van der Waals surface area contributed by atoms with Gasteiger partial charge in [-0.2, -0.15) is 0 Å². The van der Waals surface area contributed by atoms with E-state index in [1.165, 1.54) is 18.4 Å². The van der Waals surface area contributed by atoms with Gasteiger partial charge in [-0.3, -0.25) is 4.98 Å². The van der Waals surface area contributed by atoms with Crippen molar-refractivity contribution in [2.24, 2.45) is 5.73 Å². The number of pyridine rings is 1. The molecular formula is C14H22N2OS. The van der Waals surface area contributed by atoms with Crippen molar-refractivity contribution in [2.75, 3.05) is 12.4 Å². The molecule has 1 aliphatic heterocycles. The van der Waals surface area contributed by atoms with Gasteiger partial charge in [-0.1, -0.05) is 6.92 Å². The number of ether oxygens (including phenoxy) is 1. The molecule has 0 saturated carbocycles. The minimum Gasteiger partial charge on any atom is -0.377 e. The predicted octanol–water partition coefficient (Wildman–Crippen LogP) is 2.77. The zero-order chi connectivity index (χ0) is 12.8. The predicted molar refractivity (Wildman–Crippen MR) is 76.7 cm³/mol. The minimum atomic E-state index is 0.193. The molecule has 2 N–H and O–H groups in total. The lowest BCUT2D eigenvalue weighted by molar-refractivity contribution is 0.128. The number of nitrogens with zero attached hydrogens (tertiary/aromatic N) is 1. The Bertz CT molecular complexity index is 341. The van der Waals surface area contributed by atoms with E-state index in [4.69, 9.17) is 10.5 Å². The van der Waals surface area contributed by atoms with Crippen LogP contribution in [0, 0.1) is 0 Å². The summed E-state index contributed by atoms with van der Waals surface area (Å²) in [6, 6.07) is 4.34. The van der Waals surface area contributed by atoms with Gasteiger partial charge in [0.2, 0.25) is 0 Å². The summed E-state index contributed by atoms with van der Waals surface area (Å²) >= 11 is 1.93. The fraction of sp³-hybridized carbons (Fsp3) is 0.643. The van der Waals surface area contributed by atoms with E-state index in [1.807, 2.05) is 24.2 Å². The molecule has 18 heavy (non-hydrogen) atoms. The highest BCUT2D eigenvalue weighted by Gasteiger charge is 2.22. The van der Waals surface area contributed by atoms with Gasteiger partial charge in [0.25, 0.3) is 0 Å². The van der Waals surface area contributed by atoms with Gasteiger partial charge in [0.1, 0.15) is 0 Å².